The van der Waals surface area contributed by atoms with Crippen LogP contribution in [0.1, 0.15) is 16.7 Å². The van der Waals surface area contributed by atoms with E-state index in [-0.39, 0.29) is 0 Å². The summed E-state index contributed by atoms with van der Waals surface area (Å²) >= 11 is 0. The predicted octanol–water partition coefficient (Wildman–Crippen LogP) is 2.62. The molecule has 1 heterocycles. The van der Waals surface area contributed by atoms with Gasteiger partial charge in [0, 0.05) is 30.4 Å². The van der Waals surface area contributed by atoms with E-state index in [4.69, 9.17) is 5.73 Å². The monoisotopic (exact) mass is 251 g/mol. The summed E-state index contributed by atoms with van der Waals surface area (Å²) in [7, 11) is 1.91. The van der Waals surface area contributed by atoms with E-state index in [1.807, 2.05) is 31.3 Å². The van der Waals surface area contributed by atoms with E-state index in [1.54, 1.807) is 0 Å². The third kappa shape index (κ3) is 1.93. The second-order valence-corrected chi connectivity index (χ2v) is 4.59. The van der Waals surface area contributed by atoms with Gasteiger partial charge in [-0.15, -0.1) is 0 Å². The summed E-state index contributed by atoms with van der Waals surface area (Å²) in [5, 5.41) is 6.71. The van der Waals surface area contributed by atoms with Gasteiger partial charge in [-0.3, -0.25) is 0 Å². The SMILES string of the molecule is CN/C1=C(\N)c2ccccc2CNc2ccccc21. The van der Waals surface area contributed by atoms with Gasteiger partial charge in [-0.2, -0.15) is 0 Å². The van der Waals surface area contributed by atoms with Gasteiger partial charge in [0.05, 0.1) is 11.4 Å². The molecule has 0 spiro atoms. The third-order valence-corrected chi connectivity index (χ3v) is 3.49. The Morgan fingerprint density at radius 1 is 1.00 bits per heavy atom. The highest BCUT2D eigenvalue weighted by Gasteiger charge is 2.16. The van der Waals surface area contributed by atoms with Crippen LogP contribution in [0.2, 0.25) is 0 Å². The summed E-state index contributed by atoms with van der Waals surface area (Å²) in [4.78, 5) is 0. The first-order valence-electron chi connectivity index (χ1n) is 6.40. The van der Waals surface area contributed by atoms with Crippen LogP contribution in [0.5, 0.6) is 0 Å². The van der Waals surface area contributed by atoms with Gasteiger partial charge in [0.1, 0.15) is 0 Å². The first kappa shape index (κ1) is 11.7. The number of anilines is 1. The van der Waals surface area contributed by atoms with Crippen LogP contribution >= 0.6 is 0 Å². The fourth-order valence-corrected chi connectivity index (χ4v) is 2.53. The molecule has 0 aliphatic carbocycles. The quantitative estimate of drug-likeness (QED) is 0.730. The van der Waals surface area contributed by atoms with Crippen LogP contribution in [-0.4, -0.2) is 7.05 Å². The van der Waals surface area contributed by atoms with Gasteiger partial charge in [-0.05, 0) is 11.6 Å². The summed E-state index contributed by atoms with van der Waals surface area (Å²) in [5.74, 6) is 0. The minimum Gasteiger partial charge on any atom is -0.397 e. The molecule has 3 rings (SSSR count). The predicted molar refractivity (Wildman–Crippen MR) is 80.3 cm³/mol. The minimum atomic E-state index is 0.783. The van der Waals surface area contributed by atoms with Crippen LogP contribution in [0.3, 0.4) is 0 Å². The molecular formula is C16H17N3. The van der Waals surface area contributed by atoms with Gasteiger partial charge in [-0.1, -0.05) is 42.5 Å². The molecule has 4 N–H and O–H groups in total. The van der Waals surface area contributed by atoms with Gasteiger partial charge < -0.3 is 16.4 Å². The van der Waals surface area contributed by atoms with Gasteiger partial charge in [0.2, 0.25) is 0 Å². The fraction of sp³-hybridized carbons (Fsp3) is 0.125. The van der Waals surface area contributed by atoms with Gasteiger partial charge in [-0.25, -0.2) is 0 Å². The molecule has 1 aliphatic rings. The van der Waals surface area contributed by atoms with Crippen molar-refractivity contribution in [3.63, 3.8) is 0 Å². The Morgan fingerprint density at radius 3 is 2.47 bits per heavy atom. The molecule has 2 aromatic carbocycles. The van der Waals surface area contributed by atoms with Crippen molar-refractivity contribution in [1.82, 2.24) is 5.32 Å². The number of fused-ring (bicyclic) bond motifs is 2. The molecule has 19 heavy (non-hydrogen) atoms. The molecule has 0 aromatic heterocycles. The number of para-hydroxylation sites is 1. The number of nitrogens with one attached hydrogen (secondary N) is 2. The Morgan fingerprint density at radius 2 is 1.68 bits per heavy atom. The molecule has 3 nitrogen and oxygen atoms in total. The van der Waals surface area contributed by atoms with Crippen LogP contribution < -0.4 is 16.4 Å². The van der Waals surface area contributed by atoms with Crippen molar-refractivity contribution in [2.45, 2.75) is 6.54 Å². The van der Waals surface area contributed by atoms with Crippen LogP contribution in [0.25, 0.3) is 11.4 Å². The van der Waals surface area contributed by atoms with Gasteiger partial charge in [0.25, 0.3) is 0 Å². The van der Waals surface area contributed by atoms with Crippen molar-refractivity contribution in [2.24, 2.45) is 5.73 Å². The molecule has 96 valence electrons. The smallest absolute Gasteiger partial charge is 0.0672 e. The van der Waals surface area contributed by atoms with E-state index in [1.165, 1.54) is 5.56 Å². The molecule has 0 bridgehead atoms. The zero-order valence-corrected chi connectivity index (χ0v) is 10.9. The molecule has 1 aliphatic heterocycles. The number of nitrogens with two attached hydrogens (primary N) is 1. The Labute approximate surface area is 113 Å². The standard InChI is InChI=1S/C16H17N3/c1-18-16-13-8-4-5-9-14(13)19-10-11-6-2-3-7-12(11)15(16)17/h2-9,18-19H,10,17H2,1H3/b16-15-. The maximum atomic E-state index is 6.37. The Hall–Kier alpha value is -2.42. The molecular weight excluding hydrogens is 234 g/mol. The molecule has 0 atom stereocenters. The summed E-state index contributed by atoms with van der Waals surface area (Å²) in [6.45, 7) is 0.783. The lowest BCUT2D eigenvalue weighted by Crippen LogP contribution is -2.18. The van der Waals surface area contributed by atoms with Crippen molar-refractivity contribution < 1.29 is 0 Å². The van der Waals surface area contributed by atoms with E-state index >= 15 is 0 Å². The second-order valence-electron chi connectivity index (χ2n) is 4.59. The molecule has 3 heteroatoms. The van der Waals surface area contributed by atoms with Crippen LogP contribution in [0, 0.1) is 0 Å². The van der Waals surface area contributed by atoms with E-state index in [0.29, 0.717) is 0 Å². The molecule has 0 saturated heterocycles. The molecule has 0 unspecified atom stereocenters. The van der Waals surface area contributed by atoms with E-state index in [9.17, 15) is 0 Å². The molecule has 0 radical (unpaired) electrons. The van der Waals surface area contributed by atoms with E-state index in [0.717, 1.165) is 34.8 Å². The van der Waals surface area contributed by atoms with Gasteiger partial charge >= 0.3 is 0 Å². The molecule has 0 amide bonds. The summed E-state index contributed by atoms with van der Waals surface area (Å²) < 4.78 is 0. The van der Waals surface area contributed by atoms with Crippen molar-refractivity contribution in [2.75, 3.05) is 12.4 Å². The molecule has 2 aromatic rings. The number of hydrogen-bond donors (Lipinski definition) is 3. The Bertz CT molecular complexity index is 644. The zero-order chi connectivity index (χ0) is 13.2. The topological polar surface area (TPSA) is 50.1 Å². The van der Waals surface area contributed by atoms with E-state index in [2.05, 4.69) is 34.9 Å². The van der Waals surface area contributed by atoms with Crippen LogP contribution in [0.15, 0.2) is 48.5 Å². The summed E-state index contributed by atoms with van der Waals surface area (Å²) in [5.41, 5.74) is 12.7. The highest BCUT2D eigenvalue weighted by molar-refractivity contribution is 5.93. The Kier molecular flexibility index (Phi) is 2.88. The van der Waals surface area contributed by atoms with Crippen molar-refractivity contribution in [3.05, 3.63) is 65.2 Å². The third-order valence-electron chi connectivity index (χ3n) is 3.49. The lowest BCUT2D eigenvalue weighted by molar-refractivity contribution is 1.08. The fourth-order valence-electron chi connectivity index (χ4n) is 2.53. The van der Waals surface area contributed by atoms with Crippen molar-refractivity contribution in [3.8, 4) is 0 Å². The number of benzene rings is 2. The zero-order valence-electron chi connectivity index (χ0n) is 10.9. The number of hydrogen-bond acceptors (Lipinski definition) is 3. The van der Waals surface area contributed by atoms with Crippen molar-refractivity contribution in [1.29, 1.82) is 0 Å². The van der Waals surface area contributed by atoms with Crippen molar-refractivity contribution >= 4 is 17.1 Å². The first-order valence-corrected chi connectivity index (χ1v) is 6.40. The Balaban J connectivity index is 2.28. The average Bonchev–Trinajstić information content (AvgIpc) is 2.46. The lowest BCUT2D eigenvalue weighted by Gasteiger charge is -2.22. The average molecular weight is 251 g/mol. The largest absolute Gasteiger partial charge is 0.397 e. The summed E-state index contributed by atoms with van der Waals surface area (Å²) in [6.07, 6.45) is 0. The van der Waals surface area contributed by atoms with E-state index < -0.39 is 0 Å². The molecule has 0 saturated carbocycles. The summed E-state index contributed by atoms with van der Waals surface area (Å²) in [6, 6.07) is 16.4. The lowest BCUT2D eigenvalue weighted by atomic mass is 9.97. The second kappa shape index (κ2) is 4.69. The van der Waals surface area contributed by atoms with Gasteiger partial charge in [0.15, 0.2) is 0 Å². The normalized spacial score (nSPS) is 17.5. The minimum absolute atomic E-state index is 0.783. The highest BCUT2D eigenvalue weighted by Crippen LogP contribution is 2.30. The first-order chi connectivity index (χ1) is 9.31. The maximum Gasteiger partial charge on any atom is 0.0672 e. The van der Waals surface area contributed by atoms with Crippen LogP contribution in [-0.2, 0) is 6.54 Å². The highest BCUT2D eigenvalue weighted by atomic mass is 14.9. The number of rotatable bonds is 1. The van der Waals surface area contributed by atoms with Crippen LogP contribution in [0.4, 0.5) is 5.69 Å². The maximum absolute atomic E-state index is 6.37. The molecule has 0 fully saturated rings.